The SMILES string of the molecule is CN(CCC=C1c2ccccc2CCc2ccccc21)Cc1cccnc1. The minimum absolute atomic E-state index is 0.935. The third kappa shape index (κ3) is 4.17. The molecule has 0 saturated carbocycles. The van der Waals surface area contributed by atoms with Gasteiger partial charge in [-0.15, -0.1) is 0 Å². The molecule has 2 aromatic carbocycles. The molecule has 1 aliphatic carbocycles. The molecular weight excluding hydrogens is 328 g/mol. The lowest BCUT2D eigenvalue weighted by Gasteiger charge is -2.16. The summed E-state index contributed by atoms with van der Waals surface area (Å²) in [5, 5.41) is 0. The highest BCUT2D eigenvalue weighted by Crippen LogP contribution is 2.33. The summed E-state index contributed by atoms with van der Waals surface area (Å²) in [6.45, 7) is 1.97. The number of aromatic nitrogens is 1. The van der Waals surface area contributed by atoms with Crippen LogP contribution in [-0.2, 0) is 19.4 Å². The van der Waals surface area contributed by atoms with E-state index in [1.807, 2.05) is 18.5 Å². The van der Waals surface area contributed by atoms with E-state index in [4.69, 9.17) is 0 Å². The lowest BCUT2D eigenvalue weighted by Crippen LogP contribution is -2.18. The summed E-state index contributed by atoms with van der Waals surface area (Å²) < 4.78 is 0. The molecule has 1 aromatic heterocycles. The number of hydrogen-bond donors (Lipinski definition) is 0. The van der Waals surface area contributed by atoms with E-state index in [1.165, 1.54) is 33.4 Å². The van der Waals surface area contributed by atoms with E-state index in [2.05, 4.69) is 77.6 Å². The fourth-order valence-corrected chi connectivity index (χ4v) is 3.95. The fraction of sp³-hybridized carbons (Fsp3) is 0.240. The summed E-state index contributed by atoms with van der Waals surface area (Å²) in [6, 6.07) is 21.9. The van der Waals surface area contributed by atoms with Gasteiger partial charge >= 0.3 is 0 Å². The second kappa shape index (κ2) is 8.32. The smallest absolute Gasteiger partial charge is 0.0312 e. The number of fused-ring (bicyclic) bond motifs is 2. The number of rotatable bonds is 5. The molecule has 0 amide bonds. The lowest BCUT2D eigenvalue weighted by molar-refractivity contribution is 0.333. The number of pyridine rings is 1. The van der Waals surface area contributed by atoms with E-state index in [-0.39, 0.29) is 0 Å². The fourth-order valence-electron chi connectivity index (χ4n) is 3.95. The number of aryl methyl sites for hydroxylation is 2. The Morgan fingerprint density at radius 2 is 1.56 bits per heavy atom. The second-order valence-electron chi connectivity index (χ2n) is 7.32. The molecule has 0 aliphatic heterocycles. The third-order valence-electron chi connectivity index (χ3n) is 5.31. The van der Waals surface area contributed by atoms with Crippen LogP contribution < -0.4 is 0 Å². The molecule has 0 bridgehead atoms. The van der Waals surface area contributed by atoms with Crippen LogP contribution in [-0.4, -0.2) is 23.5 Å². The van der Waals surface area contributed by atoms with Gasteiger partial charge in [0.1, 0.15) is 0 Å². The third-order valence-corrected chi connectivity index (χ3v) is 5.31. The summed E-state index contributed by atoms with van der Waals surface area (Å²) >= 11 is 0. The maximum atomic E-state index is 4.21. The van der Waals surface area contributed by atoms with Crippen LogP contribution >= 0.6 is 0 Å². The Hall–Kier alpha value is -2.71. The predicted octanol–water partition coefficient (Wildman–Crippen LogP) is 5.13. The molecule has 27 heavy (non-hydrogen) atoms. The van der Waals surface area contributed by atoms with Gasteiger partial charge in [-0.25, -0.2) is 0 Å². The van der Waals surface area contributed by atoms with Crippen molar-refractivity contribution in [3.8, 4) is 0 Å². The van der Waals surface area contributed by atoms with Gasteiger partial charge in [-0.3, -0.25) is 4.98 Å². The van der Waals surface area contributed by atoms with Gasteiger partial charge in [-0.1, -0.05) is 60.7 Å². The average molecular weight is 354 g/mol. The largest absolute Gasteiger partial charge is 0.302 e. The summed E-state index contributed by atoms with van der Waals surface area (Å²) in [7, 11) is 2.18. The van der Waals surface area contributed by atoms with Gasteiger partial charge < -0.3 is 4.90 Å². The number of benzene rings is 2. The maximum Gasteiger partial charge on any atom is 0.0312 e. The van der Waals surface area contributed by atoms with Gasteiger partial charge in [0.2, 0.25) is 0 Å². The van der Waals surface area contributed by atoms with Crippen molar-refractivity contribution >= 4 is 5.57 Å². The van der Waals surface area contributed by atoms with E-state index >= 15 is 0 Å². The summed E-state index contributed by atoms with van der Waals surface area (Å²) in [5.74, 6) is 0. The highest BCUT2D eigenvalue weighted by molar-refractivity contribution is 5.83. The zero-order valence-electron chi connectivity index (χ0n) is 15.9. The standard InChI is InChI=1S/C25H26N2/c1-27(19-20-8-6-16-26-18-20)17-7-13-25-23-11-4-2-9-21(23)14-15-22-10-3-5-12-24(22)25/h2-6,8-13,16,18H,7,14-15,17,19H2,1H3. The molecule has 4 rings (SSSR count). The van der Waals surface area contributed by atoms with Gasteiger partial charge in [0, 0.05) is 25.5 Å². The monoisotopic (exact) mass is 354 g/mol. The summed E-state index contributed by atoms with van der Waals surface area (Å²) in [5.41, 5.74) is 8.38. The van der Waals surface area contributed by atoms with Crippen molar-refractivity contribution in [2.45, 2.75) is 25.8 Å². The summed E-state index contributed by atoms with van der Waals surface area (Å²) in [6.07, 6.45) is 9.48. The summed E-state index contributed by atoms with van der Waals surface area (Å²) in [4.78, 5) is 6.58. The molecule has 0 fully saturated rings. The Morgan fingerprint density at radius 3 is 2.19 bits per heavy atom. The van der Waals surface area contributed by atoms with Crippen LogP contribution in [0.5, 0.6) is 0 Å². The topological polar surface area (TPSA) is 16.1 Å². The molecule has 3 aromatic rings. The quantitative estimate of drug-likeness (QED) is 0.631. The molecule has 136 valence electrons. The van der Waals surface area contributed by atoms with Crippen LogP contribution in [0.3, 0.4) is 0 Å². The van der Waals surface area contributed by atoms with Gasteiger partial charge in [-0.05, 0) is 65.8 Å². The van der Waals surface area contributed by atoms with E-state index in [1.54, 1.807) is 0 Å². The van der Waals surface area contributed by atoms with Crippen LogP contribution in [0.1, 0.15) is 34.2 Å². The van der Waals surface area contributed by atoms with E-state index in [0.717, 1.165) is 32.4 Å². The minimum atomic E-state index is 0.935. The molecule has 1 aliphatic rings. The maximum absolute atomic E-state index is 4.21. The van der Waals surface area contributed by atoms with E-state index in [0.29, 0.717) is 0 Å². The van der Waals surface area contributed by atoms with Crippen LogP contribution in [0.15, 0.2) is 79.1 Å². The molecule has 0 saturated heterocycles. The van der Waals surface area contributed by atoms with Gasteiger partial charge in [0.15, 0.2) is 0 Å². The molecule has 0 radical (unpaired) electrons. The van der Waals surface area contributed by atoms with Gasteiger partial charge in [-0.2, -0.15) is 0 Å². The van der Waals surface area contributed by atoms with Crippen LogP contribution in [0.25, 0.3) is 5.57 Å². The van der Waals surface area contributed by atoms with Crippen molar-refractivity contribution in [3.05, 3.63) is 107 Å². The second-order valence-corrected chi connectivity index (χ2v) is 7.32. The first-order chi connectivity index (χ1) is 13.3. The first kappa shape index (κ1) is 17.7. The van der Waals surface area contributed by atoms with Crippen molar-refractivity contribution in [1.29, 1.82) is 0 Å². The first-order valence-electron chi connectivity index (χ1n) is 9.75. The average Bonchev–Trinajstić information content (AvgIpc) is 2.86. The number of hydrogen-bond acceptors (Lipinski definition) is 2. The van der Waals surface area contributed by atoms with Crippen LogP contribution in [0, 0.1) is 0 Å². The minimum Gasteiger partial charge on any atom is -0.302 e. The lowest BCUT2D eigenvalue weighted by atomic mass is 9.93. The molecule has 1 heterocycles. The predicted molar refractivity (Wildman–Crippen MR) is 113 cm³/mol. The van der Waals surface area contributed by atoms with Crippen molar-refractivity contribution in [2.75, 3.05) is 13.6 Å². The van der Waals surface area contributed by atoms with E-state index in [9.17, 15) is 0 Å². The molecule has 0 N–H and O–H groups in total. The zero-order chi connectivity index (χ0) is 18.5. The zero-order valence-corrected chi connectivity index (χ0v) is 15.9. The van der Waals surface area contributed by atoms with Gasteiger partial charge in [0.05, 0.1) is 0 Å². The van der Waals surface area contributed by atoms with Crippen LogP contribution in [0.2, 0.25) is 0 Å². The first-order valence-corrected chi connectivity index (χ1v) is 9.75. The number of nitrogens with zero attached hydrogens (tertiary/aromatic N) is 2. The Balaban J connectivity index is 1.55. The molecular formula is C25H26N2. The molecule has 2 heteroatoms. The van der Waals surface area contributed by atoms with Crippen LogP contribution in [0.4, 0.5) is 0 Å². The van der Waals surface area contributed by atoms with Crippen molar-refractivity contribution < 1.29 is 0 Å². The highest BCUT2D eigenvalue weighted by atomic mass is 15.1. The normalized spacial score (nSPS) is 13.0. The Labute approximate surface area is 162 Å². The van der Waals surface area contributed by atoms with Crippen molar-refractivity contribution in [2.24, 2.45) is 0 Å². The molecule has 2 nitrogen and oxygen atoms in total. The molecule has 0 atom stereocenters. The van der Waals surface area contributed by atoms with E-state index < -0.39 is 0 Å². The highest BCUT2D eigenvalue weighted by Gasteiger charge is 2.17. The Bertz CT molecular complexity index is 878. The van der Waals surface area contributed by atoms with Gasteiger partial charge in [0.25, 0.3) is 0 Å². The molecule has 0 unspecified atom stereocenters. The Morgan fingerprint density at radius 1 is 0.889 bits per heavy atom. The Kier molecular flexibility index (Phi) is 5.45. The molecule has 0 spiro atoms. The van der Waals surface area contributed by atoms with Crippen molar-refractivity contribution in [3.63, 3.8) is 0 Å². The van der Waals surface area contributed by atoms with Crippen molar-refractivity contribution in [1.82, 2.24) is 9.88 Å².